The van der Waals surface area contributed by atoms with Crippen LogP contribution in [0.4, 0.5) is 0 Å². The molecule has 0 aromatic rings. The maximum atomic E-state index is 10.2. The number of Topliss-reactive ketones (excluding diaryl/α,β-unsaturated/α-hetero) is 1. The number of carbonyl (C=O) groups excluding carboxylic acids is 1. The molecule has 4 N–H and O–H groups in total. The van der Waals surface area contributed by atoms with Gasteiger partial charge in [-0.05, 0) is 0 Å². The first-order chi connectivity index (χ1) is 4.09. The second kappa shape index (κ2) is 2.93. The van der Waals surface area contributed by atoms with Crippen molar-refractivity contribution >= 4 is 17.5 Å². The predicted octanol–water partition coefficient (Wildman–Crippen LogP) is -1.38. The van der Waals surface area contributed by atoms with Crippen molar-refractivity contribution in [3.05, 3.63) is 0 Å². The van der Waals surface area contributed by atoms with Crippen LogP contribution in [0.2, 0.25) is 0 Å². The highest BCUT2D eigenvalue weighted by Gasteiger charge is 2.13. The molecular weight excluding hydrogens is 124 g/mol. The minimum Gasteiger partial charge on any atom is -0.476 e. The second-order valence-corrected chi connectivity index (χ2v) is 1.31. The second-order valence-electron chi connectivity index (χ2n) is 1.31. The maximum Gasteiger partial charge on any atom is 0.357 e. The molecule has 0 aliphatic heterocycles. The third-order valence-electron chi connectivity index (χ3n) is 0.678. The highest BCUT2D eigenvalue weighted by atomic mass is 16.4. The summed E-state index contributed by atoms with van der Waals surface area (Å²) in [5.41, 5.74) is 3.80. The molecule has 0 unspecified atom stereocenters. The molecule has 0 fully saturated rings. The van der Waals surface area contributed by atoms with Crippen LogP contribution in [0.25, 0.3) is 0 Å². The molecule has 50 valence electrons. The number of carboxylic acids is 1. The van der Waals surface area contributed by atoms with E-state index in [2.05, 4.69) is 0 Å². The fraction of sp³-hybridized carbons (Fsp3) is 0.250. The lowest BCUT2D eigenvalue weighted by Gasteiger charge is -1.90. The first-order valence-electron chi connectivity index (χ1n) is 2.14. The van der Waals surface area contributed by atoms with Gasteiger partial charge in [-0.3, -0.25) is 10.2 Å². The number of hydrogen-bond acceptors (Lipinski definition) is 4. The smallest absolute Gasteiger partial charge is 0.357 e. The molecule has 0 aromatic carbocycles. The molecule has 0 atom stereocenters. The third-order valence-corrected chi connectivity index (χ3v) is 0.678. The van der Waals surface area contributed by atoms with Crippen molar-refractivity contribution in [3.63, 3.8) is 0 Å². The Morgan fingerprint density at radius 2 is 2.00 bits per heavy atom. The molecule has 0 spiro atoms. The normalized spacial score (nSPS) is 8.56. The topological polar surface area (TPSA) is 104 Å². The number of hydrogen-bond donors (Lipinski definition) is 3. The summed E-state index contributed by atoms with van der Waals surface area (Å²) in [6, 6.07) is 0. The van der Waals surface area contributed by atoms with Gasteiger partial charge in [-0.2, -0.15) is 0 Å². The zero-order valence-corrected chi connectivity index (χ0v) is 4.55. The number of aliphatic carboxylic acids is 1. The lowest BCUT2D eigenvalue weighted by molar-refractivity contribution is -0.130. The fourth-order valence-corrected chi connectivity index (χ4v) is 0.221. The third kappa shape index (κ3) is 2.00. The van der Waals surface area contributed by atoms with Gasteiger partial charge in [-0.15, -0.1) is 0 Å². The number of carboxylic acid groups (broad SMARTS) is 1. The van der Waals surface area contributed by atoms with Crippen molar-refractivity contribution in [2.24, 2.45) is 5.73 Å². The highest BCUT2D eigenvalue weighted by Crippen LogP contribution is 1.73. The molecule has 0 rings (SSSR count). The Bertz CT molecular complexity index is 163. The van der Waals surface area contributed by atoms with Gasteiger partial charge in [0.1, 0.15) is 0 Å². The number of ketones is 1. The number of rotatable bonds is 3. The Kier molecular flexibility index (Phi) is 2.53. The van der Waals surface area contributed by atoms with Gasteiger partial charge in [-0.25, -0.2) is 4.79 Å². The molecule has 0 amide bonds. The van der Waals surface area contributed by atoms with Crippen LogP contribution < -0.4 is 5.73 Å². The van der Waals surface area contributed by atoms with E-state index in [4.69, 9.17) is 16.2 Å². The van der Waals surface area contributed by atoms with E-state index in [-0.39, 0.29) is 0 Å². The summed E-state index contributed by atoms with van der Waals surface area (Å²) in [5, 5.41) is 14.5. The standard InChI is InChI=1S/C4H6N2O3/c5-1-2(7)3(6)4(8)9/h6H,1,5H2,(H,8,9). The van der Waals surface area contributed by atoms with E-state index in [0.29, 0.717) is 0 Å². The van der Waals surface area contributed by atoms with Gasteiger partial charge in [0.2, 0.25) is 5.78 Å². The molecule has 0 bridgehead atoms. The molecule has 9 heavy (non-hydrogen) atoms. The lowest BCUT2D eigenvalue weighted by atomic mass is 10.2. The summed E-state index contributed by atoms with van der Waals surface area (Å²) in [6.45, 7) is -0.425. The maximum absolute atomic E-state index is 10.2. The molecular formula is C4H6N2O3. The molecule has 0 saturated carbocycles. The average molecular weight is 130 g/mol. The molecule has 5 heteroatoms. The Morgan fingerprint density at radius 3 is 2.11 bits per heavy atom. The number of nitrogens with two attached hydrogens (primary N) is 1. The van der Waals surface area contributed by atoms with Crippen LogP contribution in [0.3, 0.4) is 0 Å². The summed E-state index contributed by atoms with van der Waals surface area (Å²) in [4.78, 5) is 20.0. The molecule has 5 nitrogen and oxygen atoms in total. The fourth-order valence-electron chi connectivity index (χ4n) is 0.221. The van der Waals surface area contributed by atoms with E-state index in [1.54, 1.807) is 0 Å². The van der Waals surface area contributed by atoms with Crippen LogP contribution in [0.1, 0.15) is 0 Å². The van der Waals surface area contributed by atoms with Crippen molar-refractivity contribution in [2.75, 3.05) is 6.54 Å². The molecule has 0 radical (unpaired) electrons. The summed E-state index contributed by atoms with van der Waals surface area (Å²) in [5.74, 6) is -2.40. The van der Waals surface area contributed by atoms with Crippen LogP contribution in [0.15, 0.2) is 0 Å². The van der Waals surface area contributed by atoms with E-state index in [1.165, 1.54) is 0 Å². The minimum atomic E-state index is -1.54. The Morgan fingerprint density at radius 1 is 1.56 bits per heavy atom. The van der Waals surface area contributed by atoms with E-state index in [1.807, 2.05) is 0 Å². The molecule has 0 heterocycles. The Hall–Kier alpha value is -1.23. The highest BCUT2D eigenvalue weighted by molar-refractivity contribution is 6.63. The first-order valence-corrected chi connectivity index (χ1v) is 2.14. The van der Waals surface area contributed by atoms with Gasteiger partial charge >= 0.3 is 5.97 Å². The van der Waals surface area contributed by atoms with Crippen LogP contribution >= 0.6 is 0 Å². The predicted molar refractivity (Wildman–Crippen MR) is 29.4 cm³/mol. The zero-order valence-electron chi connectivity index (χ0n) is 4.55. The van der Waals surface area contributed by atoms with Crippen LogP contribution in [-0.4, -0.2) is 29.1 Å². The first kappa shape index (κ1) is 7.77. The largest absolute Gasteiger partial charge is 0.476 e. The van der Waals surface area contributed by atoms with Crippen molar-refractivity contribution in [1.29, 1.82) is 5.41 Å². The van der Waals surface area contributed by atoms with Crippen LogP contribution in [0.5, 0.6) is 0 Å². The van der Waals surface area contributed by atoms with Crippen LogP contribution in [0, 0.1) is 5.41 Å². The van der Waals surface area contributed by atoms with Gasteiger partial charge in [0, 0.05) is 0 Å². The summed E-state index contributed by atoms with van der Waals surface area (Å²) >= 11 is 0. The Labute approximate surface area is 51.0 Å². The van der Waals surface area contributed by atoms with Gasteiger partial charge in [0.15, 0.2) is 5.71 Å². The van der Waals surface area contributed by atoms with E-state index in [0.717, 1.165) is 0 Å². The van der Waals surface area contributed by atoms with E-state index < -0.39 is 24.0 Å². The summed E-state index contributed by atoms with van der Waals surface area (Å²) in [7, 11) is 0. The van der Waals surface area contributed by atoms with E-state index in [9.17, 15) is 9.59 Å². The van der Waals surface area contributed by atoms with Crippen molar-refractivity contribution in [1.82, 2.24) is 0 Å². The van der Waals surface area contributed by atoms with Crippen LogP contribution in [-0.2, 0) is 9.59 Å². The molecule has 0 aliphatic carbocycles. The molecule has 0 saturated heterocycles. The van der Waals surface area contributed by atoms with Gasteiger partial charge < -0.3 is 10.8 Å². The molecule has 0 aliphatic rings. The van der Waals surface area contributed by atoms with Gasteiger partial charge in [0.05, 0.1) is 6.54 Å². The van der Waals surface area contributed by atoms with Crippen molar-refractivity contribution in [2.45, 2.75) is 0 Å². The molecule has 0 aromatic heterocycles. The average Bonchev–Trinajstić information content (AvgIpc) is 1.84. The van der Waals surface area contributed by atoms with Gasteiger partial charge in [-0.1, -0.05) is 0 Å². The van der Waals surface area contributed by atoms with E-state index >= 15 is 0 Å². The number of nitrogens with one attached hydrogen (secondary N) is 1. The monoisotopic (exact) mass is 130 g/mol. The summed E-state index contributed by atoms with van der Waals surface area (Å²) < 4.78 is 0. The van der Waals surface area contributed by atoms with Crippen molar-refractivity contribution in [3.8, 4) is 0 Å². The SMILES string of the molecule is N=C(C(=O)O)C(=O)CN. The lowest BCUT2D eigenvalue weighted by Crippen LogP contribution is -2.28. The summed E-state index contributed by atoms with van der Waals surface area (Å²) in [6.07, 6.45) is 0. The quantitative estimate of drug-likeness (QED) is 0.323. The van der Waals surface area contributed by atoms with Gasteiger partial charge in [0.25, 0.3) is 0 Å². The van der Waals surface area contributed by atoms with Crippen molar-refractivity contribution < 1.29 is 14.7 Å². The zero-order chi connectivity index (χ0) is 7.44. The minimum absolute atomic E-state index is 0.425. The number of carbonyl (C=O) groups is 2. The Balaban J connectivity index is 4.05.